The molecule has 0 saturated heterocycles. The Balaban J connectivity index is 2.01. The van der Waals surface area contributed by atoms with Crippen molar-refractivity contribution in [2.24, 2.45) is 0 Å². The van der Waals surface area contributed by atoms with E-state index >= 15 is 0 Å². The minimum absolute atomic E-state index is 0.124. The summed E-state index contributed by atoms with van der Waals surface area (Å²) in [6.07, 6.45) is 1.42. The number of carbonyl (C=O) groups is 2. The quantitative estimate of drug-likeness (QED) is 0.910. The van der Waals surface area contributed by atoms with Crippen LogP contribution in [-0.2, 0) is 9.57 Å². The zero-order valence-corrected chi connectivity index (χ0v) is 13.9. The fourth-order valence-corrected chi connectivity index (χ4v) is 2.07. The van der Waals surface area contributed by atoms with Crippen LogP contribution < -0.4 is 5.32 Å². The monoisotopic (exact) mass is 318 g/mol. The van der Waals surface area contributed by atoms with Gasteiger partial charge >= 0.3 is 6.09 Å². The van der Waals surface area contributed by atoms with Gasteiger partial charge in [0.2, 0.25) is 0 Å². The van der Waals surface area contributed by atoms with E-state index in [9.17, 15) is 9.59 Å². The summed E-state index contributed by atoms with van der Waals surface area (Å²) in [5.41, 5.74) is 1.97. The number of carbonyl (C=O) groups excluding carboxylic acids is 2. The molecule has 1 aromatic carbocycles. The van der Waals surface area contributed by atoms with Crippen LogP contribution in [0.25, 0.3) is 5.57 Å². The van der Waals surface area contributed by atoms with Crippen LogP contribution in [0.4, 0.5) is 4.79 Å². The zero-order chi connectivity index (χ0) is 17.0. The Kier molecular flexibility index (Phi) is 5.05. The van der Waals surface area contributed by atoms with E-state index in [-0.39, 0.29) is 12.5 Å². The van der Waals surface area contributed by atoms with Crippen molar-refractivity contribution in [3.63, 3.8) is 0 Å². The third-order valence-corrected chi connectivity index (χ3v) is 3.22. The average molecular weight is 318 g/mol. The Morgan fingerprint density at radius 3 is 2.35 bits per heavy atom. The van der Waals surface area contributed by atoms with Gasteiger partial charge in [-0.05, 0) is 44.0 Å². The molecule has 0 unspecified atom stereocenters. The zero-order valence-electron chi connectivity index (χ0n) is 13.9. The molecule has 1 heterocycles. The predicted molar refractivity (Wildman–Crippen MR) is 86.7 cm³/mol. The van der Waals surface area contributed by atoms with E-state index in [0.717, 1.165) is 11.1 Å². The Labute approximate surface area is 136 Å². The van der Waals surface area contributed by atoms with Gasteiger partial charge < -0.3 is 10.1 Å². The minimum Gasteiger partial charge on any atom is -0.442 e. The highest BCUT2D eigenvalue weighted by atomic mass is 16.7. The summed E-state index contributed by atoms with van der Waals surface area (Å²) < 4.78 is 5.26. The molecule has 6 nitrogen and oxygen atoms in total. The Hall–Kier alpha value is -2.34. The summed E-state index contributed by atoms with van der Waals surface area (Å²) in [5, 5.41) is 3.78. The van der Waals surface area contributed by atoms with Crippen LogP contribution in [0.3, 0.4) is 0 Å². The summed E-state index contributed by atoms with van der Waals surface area (Å²) in [4.78, 5) is 28.9. The van der Waals surface area contributed by atoms with Crippen molar-refractivity contribution in [3.05, 3.63) is 41.5 Å². The first-order chi connectivity index (χ1) is 10.8. The highest BCUT2D eigenvalue weighted by Crippen LogP contribution is 2.21. The number of amides is 2. The van der Waals surface area contributed by atoms with Gasteiger partial charge in [0.25, 0.3) is 5.91 Å². The molecule has 2 amide bonds. The molecule has 23 heavy (non-hydrogen) atoms. The number of benzene rings is 1. The molecule has 6 heteroatoms. The molecule has 0 aliphatic carbocycles. The fourth-order valence-electron chi connectivity index (χ4n) is 2.07. The molecule has 0 bridgehead atoms. The van der Waals surface area contributed by atoms with E-state index in [2.05, 4.69) is 5.32 Å². The summed E-state index contributed by atoms with van der Waals surface area (Å²) in [6, 6.07) is 7.25. The lowest BCUT2D eigenvalue weighted by atomic mass is 10.0. The van der Waals surface area contributed by atoms with E-state index < -0.39 is 11.7 Å². The van der Waals surface area contributed by atoms with Gasteiger partial charge in [-0.2, -0.15) is 5.06 Å². The van der Waals surface area contributed by atoms with Gasteiger partial charge in [0.05, 0.1) is 6.54 Å². The highest BCUT2D eigenvalue weighted by Gasteiger charge is 2.25. The van der Waals surface area contributed by atoms with Crippen LogP contribution in [0.1, 0.15) is 36.7 Å². The smallest absolute Gasteiger partial charge is 0.434 e. The average Bonchev–Trinajstić information content (AvgIpc) is 2.53. The van der Waals surface area contributed by atoms with Crippen LogP contribution in [0.15, 0.2) is 30.3 Å². The second-order valence-corrected chi connectivity index (χ2v) is 6.20. The molecule has 0 fully saturated rings. The third-order valence-electron chi connectivity index (χ3n) is 3.22. The fraction of sp³-hybridized carbons (Fsp3) is 0.412. The van der Waals surface area contributed by atoms with Crippen LogP contribution in [-0.4, -0.2) is 42.9 Å². The van der Waals surface area contributed by atoms with Crippen molar-refractivity contribution in [1.29, 1.82) is 0 Å². The molecule has 1 aliphatic rings. The first-order valence-electron chi connectivity index (χ1n) is 7.45. The van der Waals surface area contributed by atoms with Crippen molar-refractivity contribution in [3.8, 4) is 0 Å². The largest absolute Gasteiger partial charge is 0.442 e. The maximum Gasteiger partial charge on any atom is 0.434 e. The van der Waals surface area contributed by atoms with E-state index in [0.29, 0.717) is 12.1 Å². The standard InChI is InChI=1S/C17H22N2O4/c1-17(2,3)23-16(21)19-10-9-14(11-22-19)12-5-7-13(8-6-12)15(20)18-4/h5-9H,10-11H2,1-4H3,(H,18,20). The number of rotatable bonds is 2. The SMILES string of the molecule is CNC(=O)c1ccc(C2=CCN(C(=O)OC(C)(C)C)OC2)cc1. The molecule has 1 aliphatic heterocycles. The van der Waals surface area contributed by atoms with Crippen LogP contribution in [0.2, 0.25) is 0 Å². The van der Waals surface area contributed by atoms with Gasteiger partial charge in [0.1, 0.15) is 12.2 Å². The second-order valence-electron chi connectivity index (χ2n) is 6.20. The summed E-state index contributed by atoms with van der Waals surface area (Å²) in [5.74, 6) is -0.124. The Morgan fingerprint density at radius 2 is 1.87 bits per heavy atom. The molecular weight excluding hydrogens is 296 g/mol. The minimum atomic E-state index is -0.555. The van der Waals surface area contributed by atoms with Crippen LogP contribution in [0.5, 0.6) is 0 Å². The summed E-state index contributed by atoms with van der Waals surface area (Å²) in [7, 11) is 1.60. The predicted octanol–water partition coefficient (Wildman–Crippen LogP) is 2.61. The van der Waals surface area contributed by atoms with Crippen LogP contribution in [0, 0.1) is 0 Å². The lowest BCUT2D eigenvalue weighted by Crippen LogP contribution is -2.39. The van der Waals surface area contributed by atoms with Crippen molar-refractivity contribution < 1.29 is 19.2 Å². The van der Waals surface area contributed by atoms with Gasteiger partial charge in [-0.25, -0.2) is 4.79 Å². The van der Waals surface area contributed by atoms with Gasteiger partial charge in [0, 0.05) is 12.6 Å². The van der Waals surface area contributed by atoms with Gasteiger partial charge in [-0.3, -0.25) is 9.63 Å². The maximum absolute atomic E-state index is 11.9. The van der Waals surface area contributed by atoms with E-state index in [1.807, 2.05) is 39.0 Å². The van der Waals surface area contributed by atoms with E-state index in [1.54, 1.807) is 19.2 Å². The number of hydrogen-bond donors (Lipinski definition) is 1. The van der Waals surface area contributed by atoms with Crippen molar-refractivity contribution in [2.45, 2.75) is 26.4 Å². The Morgan fingerprint density at radius 1 is 1.22 bits per heavy atom. The molecule has 2 rings (SSSR count). The molecule has 0 atom stereocenters. The lowest BCUT2D eigenvalue weighted by Gasteiger charge is -2.28. The number of ether oxygens (including phenoxy) is 1. The number of hydrogen-bond acceptors (Lipinski definition) is 4. The topological polar surface area (TPSA) is 67.9 Å². The van der Waals surface area contributed by atoms with Gasteiger partial charge in [-0.15, -0.1) is 0 Å². The molecule has 0 spiro atoms. The molecule has 124 valence electrons. The highest BCUT2D eigenvalue weighted by molar-refractivity contribution is 5.94. The number of nitrogens with one attached hydrogen (secondary N) is 1. The molecule has 0 aromatic heterocycles. The molecule has 0 radical (unpaired) electrons. The number of nitrogens with zero attached hydrogens (tertiary/aromatic N) is 1. The van der Waals surface area contributed by atoms with E-state index in [1.165, 1.54) is 5.06 Å². The van der Waals surface area contributed by atoms with Gasteiger partial charge in [0.15, 0.2) is 0 Å². The summed E-state index contributed by atoms with van der Waals surface area (Å²) in [6.45, 7) is 6.03. The van der Waals surface area contributed by atoms with E-state index in [4.69, 9.17) is 9.57 Å². The second kappa shape index (κ2) is 6.83. The van der Waals surface area contributed by atoms with Crippen molar-refractivity contribution in [2.75, 3.05) is 20.2 Å². The molecule has 0 saturated carbocycles. The van der Waals surface area contributed by atoms with Gasteiger partial charge in [-0.1, -0.05) is 18.2 Å². The first-order valence-corrected chi connectivity index (χ1v) is 7.45. The Bertz CT molecular complexity index is 614. The van der Waals surface area contributed by atoms with Crippen molar-refractivity contribution in [1.82, 2.24) is 10.4 Å². The maximum atomic E-state index is 11.9. The molecule has 1 N–H and O–H groups in total. The van der Waals surface area contributed by atoms with Crippen LogP contribution >= 0.6 is 0 Å². The first kappa shape index (κ1) is 17.0. The number of hydroxylamine groups is 2. The van der Waals surface area contributed by atoms with Crippen molar-refractivity contribution >= 4 is 17.6 Å². The molecular formula is C17H22N2O4. The third kappa shape index (κ3) is 4.56. The lowest BCUT2D eigenvalue weighted by molar-refractivity contribution is -0.133. The normalized spacial score (nSPS) is 15.0. The molecule has 1 aromatic rings. The summed E-state index contributed by atoms with van der Waals surface area (Å²) >= 11 is 0.